The Balaban J connectivity index is 0.00000169. The molecule has 2 aromatic heterocycles. The van der Waals surface area contributed by atoms with Gasteiger partial charge in [-0.25, -0.2) is 9.67 Å². The van der Waals surface area contributed by atoms with Crippen LogP contribution in [-0.4, -0.2) is 52.1 Å². The molecule has 0 atom stereocenters. The van der Waals surface area contributed by atoms with Gasteiger partial charge >= 0.3 is 0 Å². The highest BCUT2D eigenvalue weighted by atomic mass is 35.5. The molecule has 0 bridgehead atoms. The van der Waals surface area contributed by atoms with E-state index in [0.29, 0.717) is 29.2 Å². The number of piperidine rings is 1. The molecule has 1 saturated heterocycles. The summed E-state index contributed by atoms with van der Waals surface area (Å²) in [5, 5.41) is 14.5. The third kappa shape index (κ3) is 5.98. The van der Waals surface area contributed by atoms with E-state index in [1.165, 1.54) is 0 Å². The fraction of sp³-hybridized carbons (Fsp3) is 0.467. The minimum Gasteiger partial charge on any atom is -0.475 e. The highest BCUT2D eigenvalue weighted by molar-refractivity contribution is 6.31. The third-order valence-electron chi connectivity index (χ3n) is 3.78. The van der Waals surface area contributed by atoms with Crippen molar-refractivity contribution >= 4 is 42.3 Å². The number of hydrogen-bond donors (Lipinski definition) is 2. The van der Waals surface area contributed by atoms with Crippen molar-refractivity contribution in [1.29, 1.82) is 0 Å². The fourth-order valence-corrected chi connectivity index (χ4v) is 2.69. The molecule has 0 radical (unpaired) electrons. The van der Waals surface area contributed by atoms with Crippen molar-refractivity contribution < 1.29 is 9.53 Å². The number of hydrogen-bond acceptors (Lipinski definition) is 6. The van der Waals surface area contributed by atoms with Crippen LogP contribution < -0.4 is 15.4 Å². The number of halogens is 3. The van der Waals surface area contributed by atoms with Crippen LogP contribution >= 0.6 is 36.4 Å². The van der Waals surface area contributed by atoms with Crippen molar-refractivity contribution in [3.05, 3.63) is 35.2 Å². The molecule has 0 saturated carbocycles. The van der Waals surface area contributed by atoms with Gasteiger partial charge in [0.1, 0.15) is 11.6 Å². The van der Waals surface area contributed by atoms with Crippen molar-refractivity contribution in [2.45, 2.75) is 18.9 Å². The molecule has 144 valence electrons. The van der Waals surface area contributed by atoms with Crippen LogP contribution in [0.25, 0.3) is 0 Å². The molecule has 0 unspecified atom stereocenters. The zero-order chi connectivity index (χ0) is 16.8. The van der Waals surface area contributed by atoms with Crippen molar-refractivity contribution in [2.24, 2.45) is 0 Å². The van der Waals surface area contributed by atoms with Crippen LogP contribution in [0.3, 0.4) is 0 Å². The van der Waals surface area contributed by atoms with Crippen LogP contribution in [0.1, 0.15) is 29.4 Å². The van der Waals surface area contributed by atoms with Gasteiger partial charge in [0, 0.05) is 6.20 Å². The van der Waals surface area contributed by atoms with E-state index in [9.17, 15) is 4.79 Å². The van der Waals surface area contributed by atoms with Crippen LogP contribution in [0.4, 0.5) is 0 Å². The summed E-state index contributed by atoms with van der Waals surface area (Å²) in [5.41, 5.74) is 0.310. The average Bonchev–Trinajstić information content (AvgIpc) is 3.11. The Labute approximate surface area is 168 Å². The summed E-state index contributed by atoms with van der Waals surface area (Å²) in [6.45, 7) is 2.51. The highest BCUT2D eigenvalue weighted by Gasteiger charge is 2.18. The van der Waals surface area contributed by atoms with Crippen LogP contribution in [0.2, 0.25) is 5.02 Å². The molecular formula is C15H21Cl3N6O2. The largest absolute Gasteiger partial charge is 0.475 e. The summed E-state index contributed by atoms with van der Waals surface area (Å²) in [6.07, 6.45) is 5.27. The summed E-state index contributed by atoms with van der Waals surface area (Å²) in [4.78, 5) is 16.1. The molecule has 3 heterocycles. The molecule has 1 aliphatic heterocycles. The van der Waals surface area contributed by atoms with Gasteiger partial charge in [0.05, 0.1) is 18.8 Å². The lowest BCUT2D eigenvalue weighted by molar-refractivity contribution is 0.0941. The summed E-state index contributed by atoms with van der Waals surface area (Å²) in [7, 11) is 0. The maximum absolute atomic E-state index is 12.1. The lowest BCUT2D eigenvalue weighted by Gasteiger charge is -2.22. The Morgan fingerprint density at radius 1 is 1.38 bits per heavy atom. The van der Waals surface area contributed by atoms with E-state index < -0.39 is 0 Å². The van der Waals surface area contributed by atoms with Gasteiger partial charge in [0.2, 0.25) is 5.88 Å². The van der Waals surface area contributed by atoms with Gasteiger partial charge < -0.3 is 15.4 Å². The minimum absolute atomic E-state index is 0. The van der Waals surface area contributed by atoms with E-state index in [1.807, 2.05) is 0 Å². The Bertz CT molecular complexity index is 694. The molecule has 0 spiro atoms. The molecule has 8 nitrogen and oxygen atoms in total. The van der Waals surface area contributed by atoms with Crippen molar-refractivity contribution in [2.75, 3.05) is 26.2 Å². The second-order valence-corrected chi connectivity index (χ2v) is 5.87. The van der Waals surface area contributed by atoms with Crippen LogP contribution in [0.15, 0.2) is 24.5 Å². The molecule has 0 aliphatic carbocycles. The van der Waals surface area contributed by atoms with E-state index in [4.69, 9.17) is 16.3 Å². The van der Waals surface area contributed by atoms with Crippen molar-refractivity contribution in [3.8, 4) is 5.88 Å². The molecule has 1 aliphatic rings. The molecule has 3 rings (SSSR count). The Morgan fingerprint density at radius 2 is 2.15 bits per heavy atom. The first kappa shape index (κ1) is 22.4. The summed E-state index contributed by atoms with van der Waals surface area (Å²) in [6, 6.07) is 3.72. The van der Waals surface area contributed by atoms with Gasteiger partial charge in [-0.3, -0.25) is 4.79 Å². The highest BCUT2D eigenvalue weighted by Crippen LogP contribution is 2.19. The first-order valence-electron chi connectivity index (χ1n) is 7.88. The molecule has 0 aromatic carbocycles. The number of ether oxygens (including phenoxy) is 1. The first-order chi connectivity index (χ1) is 11.7. The van der Waals surface area contributed by atoms with E-state index in [0.717, 1.165) is 25.9 Å². The zero-order valence-electron chi connectivity index (χ0n) is 13.9. The topological polar surface area (TPSA) is 94.0 Å². The molecule has 11 heteroatoms. The number of pyridine rings is 1. The van der Waals surface area contributed by atoms with Gasteiger partial charge in [0.15, 0.2) is 5.69 Å². The molecule has 1 fully saturated rings. The first-order valence-corrected chi connectivity index (χ1v) is 8.26. The lowest BCUT2D eigenvalue weighted by atomic mass is 10.1. The summed E-state index contributed by atoms with van der Waals surface area (Å²) < 4.78 is 7.20. The van der Waals surface area contributed by atoms with Gasteiger partial charge in [0.25, 0.3) is 5.91 Å². The number of rotatable bonds is 6. The van der Waals surface area contributed by atoms with Crippen molar-refractivity contribution in [1.82, 2.24) is 30.6 Å². The molecule has 26 heavy (non-hydrogen) atoms. The minimum atomic E-state index is -0.272. The second-order valence-electron chi connectivity index (χ2n) is 5.46. The Morgan fingerprint density at radius 3 is 2.88 bits per heavy atom. The summed E-state index contributed by atoms with van der Waals surface area (Å²) >= 11 is 5.94. The monoisotopic (exact) mass is 422 g/mol. The number of nitrogens with zero attached hydrogens (tertiary/aromatic N) is 4. The van der Waals surface area contributed by atoms with Crippen molar-refractivity contribution in [3.63, 3.8) is 0 Å². The predicted molar refractivity (Wildman–Crippen MR) is 103 cm³/mol. The molecule has 2 N–H and O–H groups in total. The Hall–Kier alpha value is -1.61. The normalized spacial score (nSPS) is 14.0. The van der Waals surface area contributed by atoms with E-state index in [2.05, 4.69) is 25.9 Å². The van der Waals surface area contributed by atoms with Gasteiger partial charge in [-0.15, -0.1) is 29.9 Å². The van der Waals surface area contributed by atoms with Gasteiger partial charge in [-0.05, 0) is 38.1 Å². The number of amides is 1. The van der Waals surface area contributed by atoms with Crippen LogP contribution in [-0.2, 0) is 0 Å². The molecule has 1 amide bonds. The second kappa shape index (κ2) is 11.2. The summed E-state index contributed by atoms with van der Waals surface area (Å²) in [5.74, 6) is 0.0798. The Kier molecular flexibility index (Phi) is 9.64. The van der Waals surface area contributed by atoms with Gasteiger partial charge in [-0.1, -0.05) is 16.8 Å². The number of aromatic nitrogens is 4. The number of carbonyl (C=O) groups excluding carboxylic acids is 1. The standard InChI is InChI=1S/C15H19ClN6O2.2ClH/c16-12-2-1-5-19-15(12)24-9-8-18-14(23)13-10-22(21-20-13)11-3-6-17-7-4-11;;/h1-2,5,10-11,17H,3-4,6-9H2,(H,18,23);2*1H. The maximum atomic E-state index is 12.1. The smallest absolute Gasteiger partial charge is 0.273 e. The lowest BCUT2D eigenvalue weighted by Crippen LogP contribution is -2.30. The molecule has 2 aromatic rings. The third-order valence-corrected chi connectivity index (χ3v) is 4.06. The number of nitrogens with one attached hydrogen (secondary N) is 2. The van der Waals surface area contributed by atoms with E-state index in [1.54, 1.807) is 29.2 Å². The zero-order valence-corrected chi connectivity index (χ0v) is 16.3. The fourth-order valence-electron chi connectivity index (χ4n) is 2.51. The maximum Gasteiger partial charge on any atom is 0.273 e. The average molecular weight is 424 g/mol. The SMILES string of the molecule is Cl.Cl.O=C(NCCOc1ncccc1Cl)c1cn(C2CCNCC2)nn1. The molecular weight excluding hydrogens is 403 g/mol. The van der Waals surface area contributed by atoms with Crippen LogP contribution in [0.5, 0.6) is 5.88 Å². The van der Waals surface area contributed by atoms with Crippen LogP contribution in [0, 0.1) is 0 Å². The quantitative estimate of drug-likeness (QED) is 0.689. The van der Waals surface area contributed by atoms with E-state index >= 15 is 0 Å². The van der Waals surface area contributed by atoms with Gasteiger partial charge in [-0.2, -0.15) is 0 Å². The number of carbonyl (C=O) groups is 1. The van der Waals surface area contributed by atoms with E-state index in [-0.39, 0.29) is 37.3 Å². The predicted octanol–water partition coefficient (Wildman–Crippen LogP) is 1.90.